The molecule has 2 rings (SSSR count). The summed E-state index contributed by atoms with van der Waals surface area (Å²) in [6, 6.07) is 7.89. The summed E-state index contributed by atoms with van der Waals surface area (Å²) >= 11 is 0. The number of rotatable bonds is 3. The van der Waals surface area contributed by atoms with Crippen molar-refractivity contribution < 1.29 is 4.79 Å². The summed E-state index contributed by atoms with van der Waals surface area (Å²) in [5.74, 6) is 0. The van der Waals surface area contributed by atoms with E-state index in [0.717, 1.165) is 17.4 Å². The molecule has 2 aromatic rings. The lowest BCUT2D eigenvalue weighted by Crippen LogP contribution is -2.01. The number of hydrogen-bond donors (Lipinski definition) is 0. The second-order valence-corrected chi connectivity index (χ2v) is 3.63. The molecule has 4 nitrogen and oxygen atoms in total. The molecule has 0 N–H and O–H groups in total. The fraction of sp³-hybridized carbons (Fsp3) is 0.250. The van der Waals surface area contributed by atoms with Crippen LogP contribution in [0, 0.1) is 6.92 Å². The Bertz CT molecular complexity index is 517. The van der Waals surface area contributed by atoms with E-state index in [0.29, 0.717) is 17.9 Å². The summed E-state index contributed by atoms with van der Waals surface area (Å²) in [5, 5.41) is 8.00. The lowest BCUT2D eigenvalue weighted by Gasteiger charge is -2.00. The Labute approximate surface area is 93.9 Å². The van der Waals surface area contributed by atoms with Gasteiger partial charge in [0.1, 0.15) is 11.4 Å². The number of aldehydes is 1. The summed E-state index contributed by atoms with van der Waals surface area (Å²) in [4.78, 5) is 11.0. The van der Waals surface area contributed by atoms with Gasteiger partial charge in [-0.3, -0.25) is 4.79 Å². The third-order valence-corrected chi connectivity index (χ3v) is 2.48. The van der Waals surface area contributed by atoms with Crippen LogP contribution < -0.4 is 0 Å². The third-order valence-electron chi connectivity index (χ3n) is 2.48. The van der Waals surface area contributed by atoms with Gasteiger partial charge in [-0.2, -0.15) is 0 Å². The molecule has 1 aromatic carbocycles. The molecule has 1 aromatic heterocycles. The second kappa shape index (κ2) is 4.26. The van der Waals surface area contributed by atoms with Crippen molar-refractivity contribution in [1.82, 2.24) is 15.0 Å². The maximum Gasteiger partial charge on any atom is 0.170 e. The zero-order valence-corrected chi connectivity index (χ0v) is 9.34. The van der Waals surface area contributed by atoms with Gasteiger partial charge >= 0.3 is 0 Å². The number of carbonyl (C=O) groups excluding carboxylic acids is 1. The molecule has 0 amide bonds. The van der Waals surface area contributed by atoms with Crippen LogP contribution in [0.1, 0.15) is 23.0 Å². The average Bonchev–Trinajstić information content (AvgIpc) is 2.71. The molecule has 0 atom stereocenters. The highest BCUT2D eigenvalue weighted by molar-refractivity contribution is 5.83. The van der Waals surface area contributed by atoms with Crippen molar-refractivity contribution in [1.29, 1.82) is 0 Å². The minimum Gasteiger partial charge on any atom is -0.296 e. The van der Waals surface area contributed by atoms with Gasteiger partial charge in [0.15, 0.2) is 6.29 Å². The molecule has 1 heterocycles. The molecule has 4 heteroatoms. The maximum atomic E-state index is 11.0. The first kappa shape index (κ1) is 10.5. The Balaban J connectivity index is 2.55. The molecular formula is C12H13N3O. The van der Waals surface area contributed by atoms with Crippen LogP contribution in [0.15, 0.2) is 24.3 Å². The maximum absolute atomic E-state index is 11.0. The molecule has 0 aliphatic rings. The highest BCUT2D eigenvalue weighted by Gasteiger charge is 2.12. The van der Waals surface area contributed by atoms with E-state index < -0.39 is 0 Å². The predicted octanol–water partition coefficient (Wildman–Crippen LogP) is 2.09. The number of aromatic nitrogens is 3. The molecule has 0 unspecified atom stereocenters. The van der Waals surface area contributed by atoms with Crippen LogP contribution in [0.3, 0.4) is 0 Å². The quantitative estimate of drug-likeness (QED) is 0.736. The van der Waals surface area contributed by atoms with Gasteiger partial charge in [0.05, 0.1) is 0 Å². The Hall–Kier alpha value is -1.97. The largest absolute Gasteiger partial charge is 0.296 e. The van der Waals surface area contributed by atoms with Gasteiger partial charge < -0.3 is 0 Å². The molecule has 0 saturated carbocycles. The van der Waals surface area contributed by atoms with Crippen molar-refractivity contribution in [2.24, 2.45) is 0 Å². The molecule has 0 saturated heterocycles. The van der Waals surface area contributed by atoms with Crippen molar-refractivity contribution in [3.63, 3.8) is 0 Å². The average molecular weight is 215 g/mol. The Morgan fingerprint density at radius 1 is 1.44 bits per heavy atom. The fourth-order valence-corrected chi connectivity index (χ4v) is 1.67. The van der Waals surface area contributed by atoms with E-state index in [1.54, 1.807) is 4.68 Å². The lowest BCUT2D eigenvalue weighted by atomic mass is 10.1. The van der Waals surface area contributed by atoms with Gasteiger partial charge in [0.2, 0.25) is 0 Å². The topological polar surface area (TPSA) is 47.8 Å². The van der Waals surface area contributed by atoms with Gasteiger partial charge in [-0.05, 0) is 19.9 Å². The monoisotopic (exact) mass is 215 g/mol. The normalized spacial score (nSPS) is 10.4. The highest BCUT2D eigenvalue weighted by atomic mass is 16.1. The zero-order chi connectivity index (χ0) is 11.5. The summed E-state index contributed by atoms with van der Waals surface area (Å²) in [6.07, 6.45) is 0.807. The lowest BCUT2D eigenvalue weighted by molar-refractivity contribution is 0.111. The SMILES string of the molecule is CCn1nnc(-c2cccc(C)c2)c1C=O. The number of benzene rings is 1. The third kappa shape index (κ3) is 1.74. The minimum absolute atomic E-state index is 0.535. The van der Waals surface area contributed by atoms with E-state index in [9.17, 15) is 4.79 Å². The molecule has 0 fully saturated rings. The van der Waals surface area contributed by atoms with Crippen LogP contribution in [-0.4, -0.2) is 21.3 Å². The number of nitrogens with zero attached hydrogens (tertiary/aromatic N) is 3. The fourth-order valence-electron chi connectivity index (χ4n) is 1.67. The van der Waals surface area contributed by atoms with E-state index in [2.05, 4.69) is 10.3 Å². The van der Waals surface area contributed by atoms with Crippen LogP contribution in [0.5, 0.6) is 0 Å². The van der Waals surface area contributed by atoms with Gasteiger partial charge in [0.25, 0.3) is 0 Å². The van der Waals surface area contributed by atoms with Crippen LogP contribution in [0.25, 0.3) is 11.3 Å². The molecular weight excluding hydrogens is 202 g/mol. The van der Waals surface area contributed by atoms with E-state index in [4.69, 9.17) is 0 Å². The van der Waals surface area contributed by atoms with Crippen LogP contribution in [0.2, 0.25) is 0 Å². The number of carbonyl (C=O) groups is 1. The van der Waals surface area contributed by atoms with Gasteiger partial charge in [0, 0.05) is 12.1 Å². The zero-order valence-electron chi connectivity index (χ0n) is 9.34. The molecule has 82 valence electrons. The van der Waals surface area contributed by atoms with E-state index >= 15 is 0 Å². The van der Waals surface area contributed by atoms with Crippen molar-refractivity contribution >= 4 is 6.29 Å². The summed E-state index contributed by atoms with van der Waals surface area (Å²) in [7, 11) is 0. The van der Waals surface area contributed by atoms with Crippen LogP contribution in [0.4, 0.5) is 0 Å². The summed E-state index contributed by atoms with van der Waals surface area (Å²) in [5.41, 5.74) is 3.26. The molecule has 0 aliphatic carbocycles. The predicted molar refractivity (Wildman–Crippen MR) is 61.3 cm³/mol. The van der Waals surface area contributed by atoms with Gasteiger partial charge in [-0.15, -0.1) is 5.10 Å². The van der Waals surface area contributed by atoms with Gasteiger partial charge in [-0.25, -0.2) is 4.68 Å². The number of hydrogen-bond acceptors (Lipinski definition) is 3. The first-order chi connectivity index (χ1) is 7.76. The summed E-state index contributed by atoms with van der Waals surface area (Å²) < 4.78 is 1.60. The van der Waals surface area contributed by atoms with E-state index in [-0.39, 0.29) is 0 Å². The van der Waals surface area contributed by atoms with E-state index in [1.165, 1.54) is 0 Å². The molecule has 0 spiro atoms. The summed E-state index contributed by atoms with van der Waals surface area (Å²) in [6.45, 7) is 4.59. The standard InChI is InChI=1S/C12H13N3O/c1-3-15-11(8-16)12(13-14-15)10-6-4-5-9(2)7-10/h4-8H,3H2,1-2H3. The van der Waals surface area contributed by atoms with Crippen molar-refractivity contribution in [2.75, 3.05) is 0 Å². The minimum atomic E-state index is 0.535. The van der Waals surface area contributed by atoms with Crippen molar-refractivity contribution in [3.05, 3.63) is 35.5 Å². The number of aryl methyl sites for hydroxylation is 2. The van der Waals surface area contributed by atoms with Crippen molar-refractivity contribution in [3.8, 4) is 11.3 Å². The van der Waals surface area contributed by atoms with Crippen LogP contribution >= 0.6 is 0 Å². The highest BCUT2D eigenvalue weighted by Crippen LogP contribution is 2.20. The molecule has 0 radical (unpaired) electrons. The Morgan fingerprint density at radius 2 is 2.25 bits per heavy atom. The molecule has 0 aliphatic heterocycles. The van der Waals surface area contributed by atoms with Crippen LogP contribution in [-0.2, 0) is 6.54 Å². The Kier molecular flexibility index (Phi) is 2.81. The van der Waals surface area contributed by atoms with E-state index in [1.807, 2.05) is 38.1 Å². The second-order valence-electron chi connectivity index (χ2n) is 3.63. The Morgan fingerprint density at radius 3 is 2.88 bits per heavy atom. The smallest absolute Gasteiger partial charge is 0.170 e. The molecule has 0 bridgehead atoms. The molecule has 16 heavy (non-hydrogen) atoms. The van der Waals surface area contributed by atoms with Crippen molar-refractivity contribution in [2.45, 2.75) is 20.4 Å². The first-order valence-electron chi connectivity index (χ1n) is 5.22. The van der Waals surface area contributed by atoms with Gasteiger partial charge in [-0.1, -0.05) is 29.0 Å². The first-order valence-corrected chi connectivity index (χ1v) is 5.22.